The summed E-state index contributed by atoms with van der Waals surface area (Å²) in [5.74, 6) is 2.25. The fourth-order valence-corrected chi connectivity index (χ4v) is 4.88. The molecule has 0 bridgehead atoms. The average molecular weight is 414 g/mol. The normalized spacial score (nSPS) is 18.7. The Hall–Kier alpha value is -2.33. The van der Waals surface area contributed by atoms with Crippen LogP contribution in [0, 0.1) is 0 Å². The summed E-state index contributed by atoms with van der Waals surface area (Å²) in [6, 6.07) is 5.90. The van der Waals surface area contributed by atoms with Crippen molar-refractivity contribution in [3.8, 4) is 0 Å². The number of hydrogen-bond donors (Lipinski definition) is 1. The minimum atomic E-state index is -0.366. The van der Waals surface area contributed by atoms with Gasteiger partial charge in [-0.1, -0.05) is 6.07 Å². The molecule has 2 N–H and O–H groups in total. The maximum atomic E-state index is 5.80. The van der Waals surface area contributed by atoms with E-state index in [1.54, 1.807) is 30.7 Å². The van der Waals surface area contributed by atoms with Gasteiger partial charge in [-0.2, -0.15) is 0 Å². The summed E-state index contributed by atoms with van der Waals surface area (Å²) >= 11 is 1.70. The highest BCUT2D eigenvalue weighted by Crippen LogP contribution is 2.42. The highest BCUT2D eigenvalue weighted by molar-refractivity contribution is 7.19. The summed E-state index contributed by atoms with van der Waals surface area (Å²) in [7, 11) is 1.74. The summed E-state index contributed by atoms with van der Waals surface area (Å²) in [6.45, 7) is 4.19. The van der Waals surface area contributed by atoms with Crippen LogP contribution in [0.1, 0.15) is 16.3 Å². The Morgan fingerprint density at radius 1 is 1.21 bits per heavy atom. The van der Waals surface area contributed by atoms with Gasteiger partial charge in [-0.15, -0.1) is 11.3 Å². The molecule has 2 fully saturated rings. The number of pyridine rings is 1. The standard InChI is InChI=1S/C20H23N5O3S/c1-26-20(11-28-12-20)15-9-14-18(29-15)19(25-4-6-27-7-5-25)24-17(23-14)8-13-2-3-16(21)22-10-13/h2-3,9-10H,4-8,11-12H2,1H3,(H2,21,22). The largest absolute Gasteiger partial charge is 0.384 e. The number of rotatable bonds is 5. The lowest BCUT2D eigenvalue weighted by Gasteiger charge is -2.39. The number of nitrogens with zero attached hydrogens (tertiary/aromatic N) is 4. The molecule has 0 atom stereocenters. The Morgan fingerprint density at radius 3 is 2.69 bits per heavy atom. The lowest BCUT2D eigenvalue weighted by molar-refractivity contribution is -0.200. The van der Waals surface area contributed by atoms with E-state index in [2.05, 4.69) is 16.0 Å². The second kappa shape index (κ2) is 7.49. The molecule has 3 aromatic rings. The Balaban J connectivity index is 1.57. The van der Waals surface area contributed by atoms with E-state index in [1.165, 1.54) is 0 Å². The summed E-state index contributed by atoms with van der Waals surface area (Å²) in [6.07, 6.45) is 2.38. The smallest absolute Gasteiger partial charge is 0.150 e. The van der Waals surface area contributed by atoms with Crippen molar-refractivity contribution in [3.05, 3.63) is 40.7 Å². The van der Waals surface area contributed by atoms with Gasteiger partial charge in [0.2, 0.25) is 0 Å². The van der Waals surface area contributed by atoms with Crippen LogP contribution < -0.4 is 10.6 Å². The molecule has 0 spiro atoms. The first-order valence-electron chi connectivity index (χ1n) is 9.64. The number of fused-ring (bicyclic) bond motifs is 1. The van der Waals surface area contributed by atoms with Crippen LogP contribution in [0.2, 0.25) is 0 Å². The van der Waals surface area contributed by atoms with Gasteiger partial charge in [0.1, 0.15) is 17.2 Å². The van der Waals surface area contributed by atoms with Crippen LogP contribution in [-0.2, 0) is 26.2 Å². The van der Waals surface area contributed by atoms with Gasteiger partial charge < -0.3 is 24.8 Å². The summed E-state index contributed by atoms with van der Waals surface area (Å²) < 4.78 is 17.9. The van der Waals surface area contributed by atoms with Crippen molar-refractivity contribution < 1.29 is 14.2 Å². The zero-order valence-electron chi connectivity index (χ0n) is 16.3. The molecule has 3 aromatic heterocycles. The molecule has 9 heteroatoms. The van der Waals surface area contributed by atoms with Crippen LogP contribution in [0.4, 0.5) is 11.6 Å². The number of thiophene rings is 1. The molecule has 5 heterocycles. The molecule has 8 nitrogen and oxygen atoms in total. The van der Waals surface area contributed by atoms with Crippen LogP contribution in [0.3, 0.4) is 0 Å². The molecule has 152 valence electrons. The molecule has 0 radical (unpaired) electrons. The lowest BCUT2D eigenvalue weighted by atomic mass is 10.00. The second-order valence-electron chi connectivity index (χ2n) is 7.35. The highest BCUT2D eigenvalue weighted by Gasteiger charge is 2.42. The third-order valence-corrected chi connectivity index (χ3v) is 6.74. The van der Waals surface area contributed by atoms with Crippen molar-refractivity contribution in [2.45, 2.75) is 12.0 Å². The molecule has 0 aromatic carbocycles. The van der Waals surface area contributed by atoms with Gasteiger partial charge >= 0.3 is 0 Å². The minimum absolute atomic E-state index is 0.366. The number of methoxy groups -OCH3 is 1. The minimum Gasteiger partial charge on any atom is -0.384 e. The summed E-state index contributed by atoms with van der Waals surface area (Å²) in [4.78, 5) is 17.4. The monoisotopic (exact) mass is 413 g/mol. The van der Waals surface area contributed by atoms with E-state index in [0.29, 0.717) is 38.7 Å². The van der Waals surface area contributed by atoms with E-state index >= 15 is 0 Å². The number of nitrogens with two attached hydrogens (primary N) is 1. The Labute approximate surface area is 172 Å². The van der Waals surface area contributed by atoms with E-state index in [-0.39, 0.29) is 5.60 Å². The molecule has 0 unspecified atom stereocenters. The highest BCUT2D eigenvalue weighted by atomic mass is 32.1. The molecule has 5 rings (SSSR count). The van der Waals surface area contributed by atoms with Crippen LogP contribution in [0.25, 0.3) is 10.2 Å². The van der Waals surface area contributed by atoms with Crippen LogP contribution >= 0.6 is 11.3 Å². The summed E-state index contributed by atoms with van der Waals surface area (Å²) in [5.41, 5.74) is 7.32. The van der Waals surface area contributed by atoms with E-state index in [0.717, 1.165) is 45.4 Å². The zero-order chi connectivity index (χ0) is 19.8. The predicted molar refractivity (Wildman–Crippen MR) is 111 cm³/mol. The third-order valence-electron chi connectivity index (χ3n) is 5.43. The quantitative estimate of drug-likeness (QED) is 0.678. The zero-order valence-corrected chi connectivity index (χ0v) is 17.1. The topological polar surface area (TPSA) is 95.6 Å². The first-order chi connectivity index (χ1) is 14.2. The van der Waals surface area contributed by atoms with Crippen LogP contribution in [0.15, 0.2) is 24.4 Å². The van der Waals surface area contributed by atoms with E-state index in [1.807, 2.05) is 6.07 Å². The van der Waals surface area contributed by atoms with E-state index in [4.69, 9.17) is 29.9 Å². The molecule has 2 aliphatic rings. The molecular formula is C20H23N5O3S. The average Bonchev–Trinajstić information content (AvgIpc) is 3.13. The van der Waals surface area contributed by atoms with Gasteiger partial charge in [0.25, 0.3) is 0 Å². The molecule has 29 heavy (non-hydrogen) atoms. The van der Waals surface area contributed by atoms with Gasteiger partial charge in [-0.25, -0.2) is 15.0 Å². The fraction of sp³-hybridized carbons (Fsp3) is 0.450. The maximum absolute atomic E-state index is 5.80. The van der Waals surface area contributed by atoms with Crippen LogP contribution in [0.5, 0.6) is 0 Å². The summed E-state index contributed by atoms with van der Waals surface area (Å²) in [5, 5.41) is 0. The predicted octanol–water partition coefficient (Wildman–Crippen LogP) is 1.97. The lowest BCUT2D eigenvalue weighted by Crippen LogP contribution is -2.47. The molecule has 2 aliphatic heterocycles. The van der Waals surface area contributed by atoms with Crippen molar-refractivity contribution in [3.63, 3.8) is 0 Å². The maximum Gasteiger partial charge on any atom is 0.150 e. The first kappa shape index (κ1) is 18.7. The number of aromatic nitrogens is 3. The van der Waals surface area contributed by atoms with Crippen molar-refractivity contribution in [1.82, 2.24) is 15.0 Å². The van der Waals surface area contributed by atoms with Crippen molar-refractivity contribution in [2.75, 3.05) is 57.3 Å². The van der Waals surface area contributed by atoms with Gasteiger partial charge in [0.05, 0.1) is 36.6 Å². The van der Waals surface area contributed by atoms with Gasteiger partial charge in [-0.3, -0.25) is 0 Å². The van der Waals surface area contributed by atoms with E-state index in [9.17, 15) is 0 Å². The fourth-order valence-electron chi connectivity index (χ4n) is 3.63. The number of hydrogen-bond acceptors (Lipinski definition) is 9. The van der Waals surface area contributed by atoms with Crippen molar-refractivity contribution in [1.29, 1.82) is 0 Å². The SMILES string of the molecule is COC1(c2cc3nc(Cc4ccc(N)nc4)nc(N4CCOCC4)c3s2)COC1. The number of ether oxygens (including phenoxy) is 3. The third kappa shape index (κ3) is 3.44. The van der Waals surface area contributed by atoms with Gasteiger partial charge in [0.15, 0.2) is 5.82 Å². The first-order valence-corrected chi connectivity index (χ1v) is 10.5. The molecule has 0 aliphatic carbocycles. The Morgan fingerprint density at radius 2 is 2.03 bits per heavy atom. The Kier molecular flexibility index (Phi) is 4.83. The van der Waals surface area contributed by atoms with Gasteiger partial charge in [-0.05, 0) is 17.7 Å². The van der Waals surface area contributed by atoms with Crippen LogP contribution in [-0.4, -0.2) is 61.6 Å². The molecule has 0 saturated carbocycles. The Bertz CT molecular complexity index is 1010. The van der Waals surface area contributed by atoms with Crippen molar-refractivity contribution >= 4 is 33.2 Å². The van der Waals surface area contributed by atoms with E-state index < -0.39 is 0 Å². The molecule has 0 amide bonds. The second-order valence-corrected chi connectivity index (χ2v) is 8.40. The number of nitrogen functional groups attached to an aromatic ring is 1. The molecular weight excluding hydrogens is 390 g/mol. The van der Waals surface area contributed by atoms with Gasteiger partial charge in [0, 0.05) is 37.7 Å². The number of anilines is 2. The number of morpholine rings is 1. The molecule has 2 saturated heterocycles. The van der Waals surface area contributed by atoms with Crippen molar-refractivity contribution in [2.24, 2.45) is 0 Å².